The van der Waals surface area contributed by atoms with E-state index in [2.05, 4.69) is 13.0 Å². The lowest BCUT2D eigenvalue weighted by molar-refractivity contribution is 0.194. The third-order valence-electron chi connectivity index (χ3n) is 1.95. The Hall–Kier alpha value is -0.980. The van der Waals surface area contributed by atoms with Crippen molar-refractivity contribution in [2.75, 3.05) is 6.61 Å². The lowest BCUT2D eigenvalue weighted by atomic mass is 10.1. The predicted octanol–water partition coefficient (Wildman–Crippen LogP) is 3.20. The van der Waals surface area contributed by atoms with Gasteiger partial charge < -0.3 is 4.74 Å². The maximum absolute atomic E-state index is 5.53. The molecule has 1 aliphatic heterocycles. The first-order chi connectivity index (χ1) is 5.88. The van der Waals surface area contributed by atoms with Gasteiger partial charge in [0.1, 0.15) is 5.76 Å². The number of allylic oxidation sites excluding steroid dienone is 5. The number of rotatable bonds is 1. The second-order valence-corrected chi connectivity index (χ2v) is 2.82. The van der Waals surface area contributed by atoms with Crippen molar-refractivity contribution >= 4 is 0 Å². The van der Waals surface area contributed by atoms with Crippen LogP contribution in [-0.4, -0.2) is 6.61 Å². The molecule has 1 saturated heterocycles. The van der Waals surface area contributed by atoms with Gasteiger partial charge in [-0.3, -0.25) is 0 Å². The maximum atomic E-state index is 5.53. The molecule has 0 radical (unpaired) electrons. The molecule has 0 atom stereocenters. The van der Waals surface area contributed by atoms with E-state index in [-0.39, 0.29) is 0 Å². The normalized spacial score (nSPS) is 25.2. The molecule has 1 heteroatoms. The fourth-order valence-electron chi connectivity index (χ4n) is 1.29. The van der Waals surface area contributed by atoms with Gasteiger partial charge in [-0.2, -0.15) is 0 Å². The van der Waals surface area contributed by atoms with Gasteiger partial charge in [-0.15, -0.1) is 0 Å². The minimum Gasteiger partial charge on any atom is -0.493 e. The average Bonchev–Trinajstić information content (AvgIpc) is 2.15. The molecular weight excluding hydrogens is 148 g/mol. The van der Waals surface area contributed by atoms with Crippen molar-refractivity contribution in [3.05, 3.63) is 35.6 Å². The molecule has 1 nitrogen and oxygen atoms in total. The Kier molecular flexibility index (Phi) is 3.65. The molecule has 0 amide bonds. The summed E-state index contributed by atoms with van der Waals surface area (Å²) in [6, 6.07) is 0. The van der Waals surface area contributed by atoms with E-state index < -0.39 is 0 Å². The van der Waals surface area contributed by atoms with E-state index in [1.54, 1.807) is 0 Å². The van der Waals surface area contributed by atoms with Crippen LogP contribution >= 0.6 is 0 Å². The van der Waals surface area contributed by atoms with Crippen molar-refractivity contribution in [1.29, 1.82) is 0 Å². The van der Waals surface area contributed by atoms with E-state index >= 15 is 0 Å². The molecule has 0 aliphatic carbocycles. The van der Waals surface area contributed by atoms with Gasteiger partial charge in [0.2, 0.25) is 0 Å². The zero-order valence-electron chi connectivity index (χ0n) is 7.84. The Morgan fingerprint density at radius 2 is 2.17 bits per heavy atom. The van der Waals surface area contributed by atoms with Gasteiger partial charge in [0.15, 0.2) is 0 Å². The lowest BCUT2D eigenvalue weighted by Gasteiger charge is -2.18. The molecule has 0 aromatic heterocycles. The van der Waals surface area contributed by atoms with Crippen LogP contribution in [0.25, 0.3) is 0 Å². The minimum absolute atomic E-state index is 0.862. The zero-order valence-corrected chi connectivity index (χ0v) is 7.84. The molecule has 0 saturated carbocycles. The third kappa shape index (κ3) is 2.26. The molecule has 0 unspecified atom stereocenters. The van der Waals surface area contributed by atoms with Crippen molar-refractivity contribution in [2.24, 2.45) is 0 Å². The highest BCUT2D eigenvalue weighted by Gasteiger charge is 2.10. The fourth-order valence-corrected chi connectivity index (χ4v) is 1.29. The standard InChI is InChI=1S/C11H16O/c1-3-5-8-11-10(4-2)7-6-9-12-11/h3-5,8H,6-7,9H2,1-2H3/b5-3-,10-4-,11-8+. The van der Waals surface area contributed by atoms with Gasteiger partial charge in [-0.1, -0.05) is 18.2 Å². The van der Waals surface area contributed by atoms with Crippen LogP contribution in [0.2, 0.25) is 0 Å². The summed E-state index contributed by atoms with van der Waals surface area (Å²) in [5, 5.41) is 0. The second-order valence-electron chi connectivity index (χ2n) is 2.82. The minimum atomic E-state index is 0.862. The van der Waals surface area contributed by atoms with Crippen molar-refractivity contribution < 1.29 is 4.74 Å². The van der Waals surface area contributed by atoms with E-state index in [1.165, 1.54) is 5.57 Å². The SMILES string of the molecule is C\C=C/C=C1/OCCC/C1=C/C. The predicted molar refractivity (Wildman–Crippen MR) is 51.8 cm³/mol. The molecule has 66 valence electrons. The van der Waals surface area contributed by atoms with E-state index in [4.69, 9.17) is 4.74 Å². The number of hydrogen-bond acceptors (Lipinski definition) is 1. The van der Waals surface area contributed by atoms with Crippen LogP contribution in [-0.2, 0) is 4.74 Å². The highest BCUT2D eigenvalue weighted by Crippen LogP contribution is 2.22. The van der Waals surface area contributed by atoms with Gasteiger partial charge in [-0.25, -0.2) is 0 Å². The Bertz CT molecular complexity index is 221. The summed E-state index contributed by atoms with van der Waals surface area (Å²) >= 11 is 0. The summed E-state index contributed by atoms with van der Waals surface area (Å²) in [7, 11) is 0. The van der Waals surface area contributed by atoms with E-state index in [9.17, 15) is 0 Å². The fraction of sp³-hybridized carbons (Fsp3) is 0.455. The summed E-state index contributed by atoms with van der Waals surface area (Å²) in [6.45, 7) is 4.93. The molecule has 0 spiro atoms. The van der Waals surface area contributed by atoms with Crippen molar-refractivity contribution in [2.45, 2.75) is 26.7 Å². The monoisotopic (exact) mass is 164 g/mol. The molecular formula is C11H16O. The summed E-state index contributed by atoms with van der Waals surface area (Å²) in [6.07, 6.45) is 10.5. The van der Waals surface area contributed by atoms with Gasteiger partial charge in [0, 0.05) is 0 Å². The van der Waals surface area contributed by atoms with E-state index in [0.717, 1.165) is 25.2 Å². The van der Waals surface area contributed by atoms with Gasteiger partial charge in [0.25, 0.3) is 0 Å². The summed E-state index contributed by atoms with van der Waals surface area (Å²) < 4.78 is 5.53. The molecule has 1 heterocycles. The smallest absolute Gasteiger partial charge is 0.122 e. The first-order valence-electron chi connectivity index (χ1n) is 4.50. The van der Waals surface area contributed by atoms with Crippen LogP contribution in [0.4, 0.5) is 0 Å². The molecule has 0 N–H and O–H groups in total. The highest BCUT2D eigenvalue weighted by molar-refractivity contribution is 5.29. The topological polar surface area (TPSA) is 9.23 Å². The second kappa shape index (κ2) is 4.81. The number of ether oxygens (including phenoxy) is 1. The third-order valence-corrected chi connectivity index (χ3v) is 1.95. The van der Waals surface area contributed by atoms with E-state index in [0.29, 0.717) is 0 Å². The van der Waals surface area contributed by atoms with Gasteiger partial charge >= 0.3 is 0 Å². The molecule has 1 aliphatic rings. The summed E-state index contributed by atoms with van der Waals surface area (Å²) in [5.74, 6) is 1.04. The van der Waals surface area contributed by atoms with Crippen LogP contribution in [0.3, 0.4) is 0 Å². The Balaban J connectivity index is 2.71. The van der Waals surface area contributed by atoms with Crippen LogP contribution in [0.5, 0.6) is 0 Å². The summed E-state index contributed by atoms with van der Waals surface area (Å²) in [5.41, 5.74) is 1.33. The van der Waals surface area contributed by atoms with Crippen molar-refractivity contribution in [3.63, 3.8) is 0 Å². The lowest BCUT2D eigenvalue weighted by Crippen LogP contribution is -2.05. The highest BCUT2D eigenvalue weighted by atomic mass is 16.5. The van der Waals surface area contributed by atoms with Crippen LogP contribution in [0.15, 0.2) is 35.6 Å². The Morgan fingerprint density at radius 3 is 2.83 bits per heavy atom. The van der Waals surface area contributed by atoms with Gasteiger partial charge in [-0.05, 0) is 38.3 Å². The molecule has 0 aromatic carbocycles. The van der Waals surface area contributed by atoms with Crippen LogP contribution in [0, 0.1) is 0 Å². The quantitative estimate of drug-likeness (QED) is 0.578. The zero-order chi connectivity index (χ0) is 8.81. The maximum Gasteiger partial charge on any atom is 0.122 e. The largest absolute Gasteiger partial charge is 0.493 e. The molecule has 0 bridgehead atoms. The summed E-state index contributed by atoms with van der Waals surface area (Å²) in [4.78, 5) is 0. The molecule has 1 rings (SSSR count). The van der Waals surface area contributed by atoms with Crippen molar-refractivity contribution in [3.8, 4) is 0 Å². The Morgan fingerprint density at radius 1 is 1.33 bits per heavy atom. The average molecular weight is 164 g/mol. The number of hydrogen-bond donors (Lipinski definition) is 0. The molecule has 12 heavy (non-hydrogen) atoms. The molecule has 0 aromatic rings. The van der Waals surface area contributed by atoms with Crippen LogP contribution < -0.4 is 0 Å². The van der Waals surface area contributed by atoms with E-state index in [1.807, 2.05) is 25.2 Å². The van der Waals surface area contributed by atoms with Gasteiger partial charge in [0.05, 0.1) is 6.61 Å². The van der Waals surface area contributed by atoms with Crippen molar-refractivity contribution in [1.82, 2.24) is 0 Å². The molecule has 1 fully saturated rings. The first-order valence-corrected chi connectivity index (χ1v) is 4.50. The Labute approximate surface area is 74.4 Å². The first kappa shape index (κ1) is 9.11. The van der Waals surface area contributed by atoms with Crippen LogP contribution in [0.1, 0.15) is 26.7 Å².